The van der Waals surface area contributed by atoms with E-state index in [4.69, 9.17) is 41.3 Å². The monoisotopic (exact) mass is 1040 g/mol. The van der Waals surface area contributed by atoms with E-state index < -0.39 is 17.0 Å². The van der Waals surface area contributed by atoms with Gasteiger partial charge in [-0.1, -0.05) is 41.9 Å². The van der Waals surface area contributed by atoms with Crippen molar-refractivity contribution in [3.63, 3.8) is 0 Å². The molecule has 0 bridgehead atoms. The Morgan fingerprint density at radius 3 is 2.46 bits per heavy atom. The maximum absolute atomic E-state index is 14.0. The summed E-state index contributed by atoms with van der Waals surface area (Å²) >= 11 is 8.23. The van der Waals surface area contributed by atoms with Crippen molar-refractivity contribution in [3.8, 4) is 16.2 Å². The lowest BCUT2D eigenvalue weighted by atomic mass is 9.85. The number of hydrogen-bond donors (Lipinski definition) is 4. The molecule has 3 aliphatic heterocycles. The first kappa shape index (κ1) is 55.2. The molecule has 384 valence electrons. The van der Waals surface area contributed by atoms with Gasteiger partial charge in [-0.05, 0) is 99.6 Å². The van der Waals surface area contributed by atoms with Gasteiger partial charge in [-0.2, -0.15) is 10.1 Å². The minimum absolute atomic E-state index is 0.0466. The van der Waals surface area contributed by atoms with Crippen LogP contribution in [0.5, 0.6) is 5.75 Å². The number of likely N-dealkylation sites (N-methyl/N-ethyl adjacent to an activating group) is 1. The highest BCUT2D eigenvalue weighted by molar-refractivity contribution is 7.81. The number of aryl methyl sites for hydroxylation is 1. The highest BCUT2D eigenvalue weighted by atomic mass is 35.5. The van der Waals surface area contributed by atoms with Crippen LogP contribution in [0.1, 0.15) is 84.8 Å². The van der Waals surface area contributed by atoms with Gasteiger partial charge in [0.15, 0.2) is 17.9 Å². The van der Waals surface area contributed by atoms with E-state index in [1.807, 2.05) is 56.3 Å². The summed E-state index contributed by atoms with van der Waals surface area (Å²) in [5, 5.41) is 27.4. The fraction of sp³-hybridized carbons (Fsp3) is 0.412. The number of anilines is 3. The van der Waals surface area contributed by atoms with Crippen LogP contribution in [-0.2, 0) is 35.9 Å². The third-order valence-corrected chi connectivity index (χ3v) is 16.4. The summed E-state index contributed by atoms with van der Waals surface area (Å²) in [6, 6.07) is 17.3. The highest BCUT2D eigenvalue weighted by Gasteiger charge is 2.40. The lowest BCUT2D eigenvalue weighted by molar-refractivity contribution is -0.122. The largest absolute Gasteiger partial charge is 0.483 e. The van der Waals surface area contributed by atoms with Crippen molar-refractivity contribution >= 4 is 98.8 Å². The molecule has 3 atom stereocenters. The molecule has 0 spiro atoms. The Morgan fingerprint density at radius 2 is 1.76 bits per heavy atom. The number of piperidine rings is 2. The second kappa shape index (κ2) is 25.0. The van der Waals surface area contributed by atoms with Crippen LogP contribution in [0.15, 0.2) is 67.0 Å². The van der Waals surface area contributed by atoms with E-state index in [1.165, 1.54) is 16.9 Å². The number of amides is 2. The molecule has 2 amide bonds. The van der Waals surface area contributed by atoms with Crippen LogP contribution in [-0.4, -0.2) is 135 Å². The van der Waals surface area contributed by atoms with Crippen molar-refractivity contribution in [2.45, 2.75) is 88.6 Å². The minimum atomic E-state index is -1.35. The first-order valence-electron chi connectivity index (χ1n) is 23.5. The van der Waals surface area contributed by atoms with Crippen LogP contribution >= 0.6 is 22.9 Å². The Labute approximate surface area is 430 Å². The molecule has 6 heterocycles. The number of thiophene rings is 1. The number of aliphatic hydroxyl groups excluding tert-OH is 2. The molecule has 3 unspecified atom stereocenters. The van der Waals surface area contributed by atoms with Crippen molar-refractivity contribution in [2.24, 2.45) is 0 Å². The maximum Gasteiger partial charge on any atom is 0.259 e. The number of halogens is 1. The number of benzene rings is 3. The van der Waals surface area contributed by atoms with Gasteiger partial charge >= 0.3 is 0 Å². The van der Waals surface area contributed by atoms with Gasteiger partial charge in [0.1, 0.15) is 41.7 Å². The molecule has 2 fully saturated rings. The summed E-state index contributed by atoms with van der Waals surface area (Å²) in [6.07, 6.45) is 8.80. The van der Waals surface area contributed by atoms with Crippen LogP contribution in [0, 0.1) is 6.92 Å². The van der Waals surface area contributed by atoms with Gasteiger partial charge in [-0.25, -0.2) is 18.0 Å². The number of rotatable bonds is 16. The fourth-order valence-corrected chi connectivity index (χ4v) is 12.9. The van der Waals surface area contributed by atoms with Gasteiger partial charge in [0.2, 0.25) is 5.91 Å². The molecule has 3 aromatic carbocycles. The van der Waals surface area contributed by atoms with Gasteiger partial charge < -0.3 is 40.1 Å². The Hall–Kier alpha value is -6.16. The van der Waals surface area contributed by atoms with Crippen LogP contribution in [0.3, 0.4) is 0 Å². The number of carbonyl (C=O) groups is 5. The van der Waals surface area contributed by atoms with E-state index in [2.05, 4.69) is 57.0 Å². The van der Waals surface area contributed by atoms with E-state index in [0.29, 0.717) is 46.3 Å². The van der Waals surface area contributed by atoms with Crippen molar-refractivity contribution in [1.29, 1.82) is 0 Å². The van der Waals surface area contributed by atoms with E-state index in [9.17, 15) is 23.4 Å². The Morgan fingerprint density at radius 1 is 1.03 bits per heavy atom. The average molecular weight is 1040 g/mol. The normalized spacial score (nSPS) is 17.1. The van der Waals surface area contributed by atoms with Gasteiger partial charge in [0.05, 0.1) is 34.4 Å². The predicted octanol–water partition coefficient (Wildman–Crippen LogP) is 6.53. The lowest BCUT2D eigenvalue weighted by Gasteiger charge is -2.44. The molecule has 9 rings (SSSR count). The van der Waals surface area contributed by atoms with E-state index >= 15 is 0 Å². The van der Waals surface area contributed by atoms with Crippen molar-refractivity contribution in [1.82, 2.24) is 29.2 Å². The van der Waals surface area contributed by atoms with Crippen molar-refractivity contribution in [3.05, 3.63) is 93.7 Å². The lowest BCUT2D eigenvalue weighted by Crippen LogP contribution is -2.53. The quantitative estimate of drug-likeness (QED) is 0.0756. The first-order valence-corrected chi connectivity index (χ1v) is 25.9. The number of fused-ring (bicyclic) bond motifs is 1. The van der Waals surface area contributed by atoms with Crippen LogP contribution < -0.4 is 25.2 Å². The molecule has 3 aliphatic rings. The van der Waals surface area contributed by atoms with Crippen molar-refractivity contribution in [2.75, 3.05) is 62.6 Å². The molecule has 2 saturated heterocycles. The molecular formula is C51H62ClN9O9S2. The number of imidazole rings is 1. The summed E-state index contributed by atoms with van der Waals surface area (Å²) in [5.41, 5.74) is 4.64. The topological polar surface area (TPSA) is 229 Å². The number of aldehydes is 2. The first-order chi connectivity index (χ1) is 34.9. The summed E-state index contributed by atoms with van der Waals surface area (Å²) in [5.74, 6) is 1.74. The molecular weight excluding hydrogens is 982 g/mol. The van der Waals surface area contributed by atoms with Crippen LogP contribution in [0.2, 0.25) is 5.02 Å². The standard InChI is InChI=1S/C48H52ClN9O6S2.2CH4O.CH2O/c1-29-43(64-23-22-60)42(49)44(65-29)31-8-5-9-32(24-31)52-33-17-20-57(48(2,3)25-33)66(63)28-34-26-51-56-27-40(54-47(56)53-34)55-18-15-30(16-19-55)35-13-14-38-41-36(35)10-6-11-37(41)46(62)58(38)39(12-7-21-59)45(61)50-4;3*1-2/h5-6,8-11,13-14,21-22,24,26-27,30,33,39,52H,7,12,15-20,23,25,28H2,1-4H3,(H,50,61);2*2H,1H3;1H2. The third kappa shape index (κ3) is 11.5. The van der Waals surface area contributed by atoms with Crippen LogP contribution in [0.25, 0.3) is 27.0 Å². The zero-order chi connectivity index (χ0) is 52.3. The summed E-state index contributed by atoms with van der Waals surface area (Å²) < 4.78 is 23.3. The number of nitrogens with zero attached hydrogens (tertiary/aromatic N) is 7. The number of aromatic nitrogens is 4. The van der Waals surface area contributed by atoms with E-state index in [-0.39, 0.29) is 54.5 Å². The summed E-state index contributed by atoms with van der Waals surface area (Å²) in [7, 11) is 2.19. The van der Waals surface area contributed by atoms with Gasteiger partial charge in [0, 0.05) is 80.4 Å². The maximum atomic E-state index is 14.0. The van der Waals surface area contributed by atoms with E-state index in [1.54, 1.807) is 22.7 Å². The average Bonchev–Trinajstić information content (AvgIpc) is 4.05. The number of aliphatic hydroxyl groups is 2. The van der Waals surface area contributed by atoms with Crippen LogP contribution in [0.4, 0.5) is 17.2 Å². The highest BCUT2D eigenvalue weighted by Crippen LogP contribution is 2.46. The number of ether oxygens (including phenoxy) is 1. The smallest absolute Gasteiger partial charge is 0.259 e. The van der Waals surface area contributed by atoms with Gasteiger partial charge in [-0.3, -0.25) is 19.3 Å². The third-order valence-electron chi connectivity index (χ3n) is 13.1. The van der Waals surface area contributed by atoms with Gasteiger partial charge in [-0.15, -0.1) is 11.3 Å². The zero-order valence-corrected chi connectivity index (χ0v) is 43.7. The second-order valence-corrected chi connectivity index (χ2v) is 20.7. The molecule has 6 aromatic rings. The number of carbonyl (C=O) groups excluding carboxylic acids is 5. The fourth-order valence-electron chi connectivity index (χ4n) is 9.95. The molecule has 4 N–H and O–H groups in total. The second-order valence-electron chi connectivity index (χ2n) is 17.7. The molecule has 0 aliphatic carbocycles. The Kier molecular flexibility index (Phi) is 19.1. The minimum Gasteiger partial charge on any atom is -0.483 e. The predicted molar refractivity (Wildman–Crippen MR) is 283 cm³/mol. The van der Waals surface area contributed by atoms with Gasteiger partial charge in [0.25, 0.3) is 11.7 Å². The molecule has 18 nitrogen and oxygen atoms in total. The number of hydrogen-bond acceptors (Lipinski definition) is 15. The summed E-state index contributed by atoms with van der Waals surface area (Å²) in [6.45, 7) is 10.3. The molecule has 72 heavy (non-hydrogen) atoms. The SMILES string of the molecule is C=O.CNC(=O)C(CCC=O)N1C(=O)c2cccc3c(C4CCN(c5cn6ncc(CS(=O)N7CCC(Nc8cccc(-c9sc(C)c(OCC=O)c9Cl)c8)CC7(C)C)nc6n5)CC4)ccc1c23.CO.CO. The Balaban J connectivity index is 0.00000136. The molecule has 0 saturated carbocycles. The summed E-state index contributed by atoms with van der Waals surface area (Å²) in [4.78, 5) is 72.1. The molecule has 3 aromatic heterocycles. The Bertz CT molecular complexity index is 2910. The van der Waals surface area contributed by atoms with E-state index in [0.717, 1.165) is 96.9 Å². The molecule has 0 radical (unpaired) electrons. The zero-order valence-electron chi connectivity index (χ0n) is 41.3. The molecule has 21 heteroatoms. The van der Waals surface area contributed by atoms with Crippen molar-refractivity contribution < 1.29 is 43.1 Å². The number of nitrogens with one attached hydrogen (secondary N) is 2.